The molecule has 0 radical (unpaired) electrons. The first-order valence-electron chi connectivity index (χ1n) is 11.0. The Hall–Kier alpha value is -3.08. The third kappa shape index (κ3) is 3.28. The lowest BCUT2D eigenvalue weighted by atomic mass is 10.0. The molecule has 30 heavy (non-hydrogen) atoms. The fourth-order valence-electron chi connectivity index (χ4n) is 4.84. The van der Waals surface area contributed by atoms with E-state index in [2.05, 4.69) is 24.3 Å². The van der Waals surface area contributed by atoms with Gasteiger partial charge in [-0.25, -0.2) is 4.68 Å². The lowest BCUT2D eigenvalue weighted by Crippen LogP contribution is -2.31. The molecule has 154 valence electrons. The monoisotopic (exact) mass is 401 g/mol. The zero-order chi connectivity index (χ0) is 20.5. The van der Waals surface area contributed by atoms with Gasteiger partial charge in [0.25, 0.3) is 5.91 Å². The summed E-state index contributed by atoms with van der Waals surface area (Å²) in [5.41, 5.74) is 5.18. The summed E-state index contributed by atoms with van der Waals surface area (Å²) in [6.45, 7) is 3.42. The molecule has 0 bridgehead atoms. The summed E-state index contributed by atoms with van der Waals surface area (Å²) in [5, 5.41) is 4.82. The van der Waals surface area contributed by atoms with E-state index >= 15 is 0 Å². The molecule has 5 rings (SSSR count). The van der Waals surface area contributed by atoms with Crippen LogP contribution in [0.4, 0.5) is 0 Å². The van der Waals surface area contributed by atoms with Crippen LogP contribution in [0.15, 0.2) is 54.6 Å². The van der Waals surface area contributed by atoms with E-state index in [0.717, 1.165) is 55.6 Å². The second kappa shape index (κ2) is 7.98. The average molecular weight is 402 g/mol. The Balaban J connectivity index is 1.46. The summed E-state index contributed by atoms with van der Waals surface area (Å²) in [4.78, 5) is 15.6. The van der Waals surface area contributed by atoms with Gasteiger partial charge in [-0.3, -0.25) is 4.79 Å². The highest BCUT2D eigenvalue weighted by Crippen LogP contribution is 2.36. The smallest absolute Gasteiger partial charge is 0.275 e. The zero-order valence-electron chi connectivity index (χ0n) is 17.4. The lowest BCUT2D eigenvalue weighted by molar-refractivity contribution is 0.0728. The molecule has 1 unspecified atom stereocenters. The Morgan fingerprint density at radius 2 is 1.87 bits per heavy atom. The molecule has 1 saturated heterocycles. The maximum absolute atomic E-state index is 13.6. The van der Waals surface area contributed by atoms with E-state index in [1.807, 2.05) is 46.8 Å². The van der Waals surface area contributed by atoms with E-state index in [1.165, 1.54) is 11.3 Å². The van der Waals surface area contributed by atoms with Crippen LogP contribution in [0, 0.1) is 0 Å². The molecule has 2 heterocycles. The Morgan fingerprint density at radius 3 is 2.63 bits per heavy atom. The van der Waals surface area contributed by atoms with Gasteiger partial charge in [0.1, 0.15) is 5.75 Å². The number of carbonyl (C=O) groups is 1. The fraction of sp³-hybridized carbons (Fsp3) is 0.360. The highest BCUT2D eigenvalue weighted by Gasteiger charge is 2.35. The minimum Gasteiger partial charge on any atom is -0.494 e. The maximum Gasteiger partial charge on any atom is 0.275 e. The minimum atomic E-state index is 0.0687. The Morgan fingerprint density at radius 1 is 1.07 bits per heavy atom. The summed E-state index contributed by atoms with van der Waals surface area (Å²) in [5.74, 6) is 0.941. The van der Waals surface area contributed by atoms with Crippen molar-refractivity contribution in [1.29, 1.82) is 0 Å². The van der Waals surface area contributed by atoms with Crippen molar-refractivity contribution in [3.63, 3.8) is 0 Å². The zero-order valence-corrected chi connectivity index (χ0v) is 17.4. The van der Waals surface area contributed by atoms with Crippen molar-refractivity contribution in [3.8, 4) is 11.4 Å². The van der Waals surface area contributed by atoms with Gasteiger partial charge in [0.05, 0.1) is 18.3 Å². The van der Waals surface area contributed by atoms with Crippen molar-refractivity contribution in [1.82, 2.24) is 14.7 Å². The molecule has 2 aromatic carbocycles. The van der Waals surface area contributed by atoms with E-state index in [4.69, 9.17) is 9.84 Å². The van der Waals surface area contributed by atoms with Gasteiger partial charge in [-0.15, -0.1) is 0 Å². The molecule has 1 fully saturated rings. The fourth-order valence-corrected chi connectivity index (χ4v) is 4.84. The van der Waals surface area contributed by atoms with Crippen LogP contribution in [0.25, 0.3) is 5.69 Å². The SMILES string of the molecule is CCOc1ccc(C2CCCN2C(=O)c2nn(-c3ccccc3)c3c2CCC3)cc1. The third-order valence-electron chi connectivity index (χ3n) is 6.22. The second-order valence-corrected chi connectivity index (χ2v) is 8.03. The molecule has 3 aromatic rings. The number of ether oxygens (including phenoxy) is 1. The van der Waals surface area contributed by atoms with Gasteiger partial charge in [0.15, 0.2) is 5.69 Å². The number of amides is 1. The molecule has 1 atom stereocenters. The van der Waals surface area contributed by atoms with Crippen molar-refractivity contribution in [2.24, 2.45) is 0 Å². The molecule has 1 amide bonds. The quantitative estimate of drug-likeness (QED) is 0.621. The van der Waals surface area contributed by atoms with E-state index in [9.17, 15) is 4.79 Å². The van der Waals surface area contributed by atoms with Crippen LogP contribution in [0.2, 0.25) is 0 Å². The van der Waals surface area contributed by atoms with E-state index < -0.39 is 0 Å². The molecular weight excluding hydrogens is 374 g/mol. The summed E-state index contributed by atoms with van der Waals surface area (Å²) >= 11 is 0. The average Bonchev–Trinajstić information content (AvgIpc) is 3.51. The molecular formula is C25H27N3O2. The molecule has 1 aromatic heterocycles. The molecule has 5 heteroatoms. The van der Waals surface area contributed by atoms with E-state index in [1.54, 1.807) is 0 Å². The molecule has 1 aliphatic carbocycles. The lowest BCUT2D eigenvalue weighted by Gasteiger charge is -2.25. The number of fused-ring (bicyclic) bond motifs is 1. The van der Waals surface area contributed by atoms with Crippen molar-refractivity contribution in [3.05, 3.63) is 77.1 Å². The van der Waals surface area contributed by atoms with Crippen molar-refractivity contribution in [2.45, 2.75) is 45.1 Å². The summed E-state index contributed by atoms with van der Waals surface area (Å²) in [7, 11) is 0. The van der Waals surface area contributed by atoms with Crippen LogP contribution in [0.1, 0.15) is 59.5 Å². The minimum absolute atomic E-state index is 0.0687. The number of likely N-dealkylation sites (tertiary alicyclic amines) is 1. The third-order valence-corrected chi connectivity index (χ3v) is 6.22. The largest absolute Gasteiger partial charge is 0.494 e. The first-order valence-corrected chi connectivity index (χ1v) is 11.0. The first kappa shape index (κ1) is 18.9. The van der Waals surface area contributed by atoms with E-state index in [0.29, 0.717) is 12.3 Å². The van der Waals surface area contributed by atoms with Gasteiger partial charge in [-0.2, -0.15) is 5.10 Å². The number of para-hydroxylation sites is 1. The number of carbonyl (C=O) groups excluding carboxylic acids is 1. The summed E-state index contributed by atoms with van der Waals surface area (Å²) < 4.78 is 7.55. The van der Waals surface area contributed by atoms with Gasteiger partial charge >= 0.3 is 0 Å². The van der Waals surface area contributed by atoms with Gasteiger partial charge in [0.2, 0.25) is 0 Å². The Labute approximate surface area is 177 Å². The molecule has 0 spiro atoms. The Kier molecular flexibility index (Phi) is 5.03. The number of rotatable bonds is 5. The van der Waals surface area contributed by atoms with Gasteiger partial charge in [-0.05, 0) is 68.9 Å². The van der Waals surface area contributed by atoms with Crippen molar-refractivity contribution >= 4 is 5.91 Å². The topological polar surface area (TPSA) is 47.4 Å². The van der Waals surface area contributed by atoms with Crippen molar-refractivity contribution in [2.75, 3.05) is 13.2 Å². The maximum atomic E-state index is 13.6. The number of aromatic nitrogens is 2. The summed E-state index contributed by atoms with van der Waals surface area (Å²) in [6.07, 6.45) is 5.01. The van der Waals surface area contributed by atoms with Gasteiger partial charge in [-0.1, -0.05) is 30.3 Å². The molecule has 2 aliphatic rings. The first-order chi connectivity index (χ1) is 14.8. The normalized spacial score (nSPS) is 17.9. The number of nitrogens with zero attached hydrogens (tertiary/aromatic N) is 3. The van der Waals surface area contributed by atoms with Crippen LogP contribution < -0.4 is 4.74 Å². The highest BCUT2D eigenvalue weighted by atomic mass is 16.5. The Bertz CT molecular complexity index is 1040. The van der Waals surface area contributed by atoms with Crippen LogP contribution in [0.3, 0.4) is 0 Å². The van der Waals surface area contributed by atoms with Gasteiger partial charge < -0.3 is 9.64 Å². The van der Waals surface area contributed by atoms with Crippen LogP contribution in [0.5, 0.6) is 5.75 Å². The summed E-state index contributed by atoms with van der Waals surface area (Å²) in [6, 6.07) is 18.4. The number of hydrogen-bond donors (Lipinski definition) is 0. The van der Waals surface area contributed by atoms with E-state index in [-0.39, 0.29) is 11.9 Å². The number of benzene rings is 2. The molecule has 0 N–H and O–H groups in total. The van der Waals surface area contributed by atoms with Crippen LogP contribution >= 0.6 is 0 Å². The predicted octanol–water partition coefficient (Wildman–Crippen LogP) is 4.74. The van der Waals surface area contributed by atoms with Crippen LogP contribution in [-0.4, -0.2) is 33.7 Å². The van der Waals surface area contributed by atoms with Crippen molar-refractivity contribution < 1.29 is 9.53 Å². The van der Waals surface area contributed by atoms with Crippen LogP contribution in [-0.2, 0) is 12.8 Å². The highest BCUT2D eigenvalue weighted by molar-refractivity contribution is 5.94. The number of hydrogen-bond acceptors (Lipinski definition) is 3. The van der Waals surface area contributed by atoms with Gasteiger partial charge in [0, 0.05) is 17.8 Å². The molecule has 5 nitrogen and oxygen atoms in total. The predicted molar refractivity (Wildman–Crippen MR) is 116 cm³/mol. The molecule has 0 saturated carbocycles. The molecule has 1 aliphatic heterocycles. The second-order valence-electron chi connectivity index (χ2n) is 8.03. The standard InChI is InChI=1S/C25H27N3O2/c1-2-30-20-15-13-18(14-16-20)22-12-7-17-27(22)25(29)24-21-10-6-11-23(21)28(26-24)19-8-4-3-5-9-19/h3-5,8-9,13-16,22H,2,6-7,10-12,17H2,1H3.